The molecule has 172 valence electrons. The van der Waals surface area contributed by atoms with Crippen LogP contribution in [0.3, 0.4) is 0 Å². The smallest absolute Gasteiger partial charge is 0.247 e. The second kappa shape index (κ2) is 11.4. The molecule has 0 unspecified atom stereocenters. The highest BCUT2D eigenvalue weighted by atomic mass is 35.5. The highest BCUT2D eigenvalue weighted by Gasteiger charge is 2.33. The average Bonchev–Trinajstić information content (AvgIpc) is 3.34. The van der Waals surface area contributed by atoms with E-state index in [9.17, 15) is 9.59 Å². The highest BCUT2D eigenvalue weighted by Crippen LogP contribution is 2.28. The first-order valence-electron chi connectivity index (χ1n) is 11.4. The summed E-state index contributed by atoms with van der Waals surface area (Å²) in [5.74, 6) is -0.266. The van der Waals surface area contributed by atoms with Crippen LogP contribution in [0, 0.1) is 0 Å². The molecule has 0 bridgehead atoms. The Hall–Kier alpha value is -2.70. The van der Waals surface area contributed by atoms with Gasteiger partial charge in [0.05, 0.1) is 6.42 Å². The van der Waals surface area contributed by atoms with Gasteiger partial charge in [-0.3, -0.25) is 14.6 Å². The molecular weight excluding hydrogens is 454 g/mol. The Morgan fingerprint density at radius 2 is 1.82 bits per heavy atom. The molecule has 3 aromatic rings. The molecule has 1 aromatic carbocycles. The number of thiophene rings is 1. The second-order valence-electron chi connectivity index (χ2n) is 8.40. The van der Waals surface area contributed by atoms with Crippen molar-refractivity contribution in [2.75, 3.05) is 0 Å². The molecule has 2 amide bonds. The summed E-state index contributed by atoms with van der Waals surface area (Å²) in [6, 6.07) is 14.3. The standard InChI is InChI=1S/C26H28ClN3O2S/c27-23-11-5-4-7-20(23)18-30(24(31)17-22-10-6-16-33-22)25(19-12-14-28-15-13-19)26(32)29-21-8-2-1-3-9-21/h4-7,10-16,21,25H,1-3,8-9,17-18H2,(H,29,32)/t25-/m0/s1. The summed E-state index contributed by atoms with van der Waals surface area (Å²) in [6.45, 7) is 0.245. The van der Waals surface area contributed by atoms with E-state index in [2.05, 4.69) is 10.3 Å². The Bertz CT molecular complexity index is 1050. The predicted octanol–water partition coefficient (Wildman–Crippen LogP) is 5.56. The van der Waals surface area contributed by atoms with Gasteiger partial charge in [-0.25, -0.2) is 0 Å². The molecule has 2 heterocycles. The third-order valence-corrected chi connectivity index (χ3v) is 7.30. The topological polar surface area (TPSA) is 62.3 Å². The SMILES string of the molecule is O=C(NC1CCCCC1)[C@H](c1ccncc1)N(Cc1ccccc1Cl)C(=O)Cc1cccs1. The van der Waals surface area contributed by atoms with E-state index in [-0.39, 0.29) is 30.8 Å². The molecule has 0 spiro atoms. The number of halogens is 1. The first-order valence-corrected chi connectivity index (χ1v) is 12.6. The summed E-state index contributed by atoms with van der Waals surface area (Å²) in [4.78, 5) is 34.0. The largest absolute Gasteiger partial charge is 0.351 e. The molecule has 1 N–H and O–H groups in total. The van der Waals surface area contributed by atoms with Gasteiger partial charge in [-0.15, -0.1) is 11.3 Å². The predicted molar refractivity (Wildman–Crippen MR) is 132 cm³/mol. The van der Waals surface area contributed by atoms with E-state index in [1.165, 1.54) is 17.8 Å². The molecular formula is C26H28ClN3O2S. The van der Waals surface area contributed by atoms with Crippen molar-refractivity contribution in [2.24, 2.45) is 0 Å². The van der Waals surface area contributed by atoms with Crippen LogP contribution < -0.4 is 5.32 Å². The van der Waals surface area contributed by atoms with Gasteiger partial charge in [-0.05, 0) is 53.6 Å². The summed E-state index contributed by atoms with van der Waals surface area (Å²) in [6.07, 6.45) is 8.95. The Kier molecular flexibility index (Phi) is 8.13. The number of amides is 2. The van der Waals surface area contributed by atoms with Crippen molar-refractivity contribution in [3.8, 4) is 0 Å². The van der Waals surface area contributed by atoms with E-state index >= 15 is 0 Å². The van der Waals surface area contributed by atoms with E-state index in [1.54, 1.807) is 17.3 Å². The van der Waals surface area contributed by atoms with E-state index < -0.39 is 6.04 Å². The average molecular weight is 482 g/mol. The van der Waals surface area contributed by atoms with Crippen molar-refractivity contribution < 1.29 is 9.59 Å². The first kappa shape index (κ1) is 23.5. The van der Waals surface area contributed by atoms with E-state index in [1.807, 2.05) is 53.9 Å². The normalized spacial score (nSPS) is 15.1. The fourth-order valence-electron chi connectivity index (χ4n) is 4.34. The number of rotatable bonds is 8. The van der Waals surface area contributed by atoms with E-state index in [0.717, 1.165) is 41.7 Å². The van der Waals surface area contributed by atoms with Crippen LogP contribution >= 0.6 is 22.9 Å². The van der Waals surface area contributed by atoms with E-state index in [0.29, 0.717) is 5.02 Å². The molecule has 1 atom stereocenters. The monoisotopic (exact) mass is 481 g/mol. The molecule has 2 aromatic heterocycles. The minimum Gasteiger partial charge on any atom is -0.351 e. The van der Waals surface area contributed by atoms with Crippen molar-refractivity contribution in [3.05, 3.63) is 87.3 Å². The minimum absolute atomic E-state index is 0.113. The molecule has 1 aliphatic carbocycles. The zero-order chi connectivity index (χ0) is 23.0. The Morgan fingerprint density at radius 1 is 1.06 bits per heavy atom. The number of carbonyl (C=O) groups is 2. The van der Waals surface area contributed by atoms with E-state index in [4.69, 9.17) is 11.6 Å². The molecule has 1 saturated carbocycles. The maximum atomic E-state index is 13.7. The molecule has 5 nitrogen and oxygen atoms in total. The van der Waals surface area contributed by atoms with Crippen LogP contribution in [0.4, 0.5) is 0 Å². The summed E-state index contributed by atoms with van der Waals surface area (Å²) in [5, 5.41) is 5.76. The van der Waals surface area contributed by atoms with Gasteiger partial charge in [0.25, 0.3) is 0 Å². The zero-order valence-corrected chi connectivity index (χ0v) is 20.0. The molecule has 4 rings (SSSR count). The van der Waals surface area contributed by atoms with Gasteiger partial charge in [0.1, 0.15) is 6.04 Å². The lowest BCUT2D eigenvalue weighted by Crippen LogP contribution is -2.47. The van der Waals surface area contributed by atoms with Gasteiger partial charge >= 0.3 is 0 Å². The van der Waals surface area contributed by atoms with Crippen LogP contribution in [-0.4, -0.2) is 27.7 Å². The van der Waals surface area contributed by atoms with Crippen molar-refractivity contribution >= 4 is 34.8 Å². The van der Waals surface area contributed by atoms with Crippen LogP contribution in [-0.2, 0) is 22.6 Å². The fraction of sp³-hybridized carbons (Fsp3) is 0.346. The van der Waals surface area contributed by atoms with Crippen LogP contribution in [0.15, 0.2) is 66.3 Å². The summed E-state index contributed by atoms with van der Waals surface area (Å²) in [7, 11) is 0. The lowest BCUT2D eigenvalue weighted by Gasteiger charge is -2.33. The molecule has 1 fully saturated rings. The number of nitrogens with one attached hydrogen (secondary N) is 1. The van der Waals surface area contributed by atoms with Crippen molar-refractivity contribution in [1.82, 2.24) is 15.2 Å². The Balaban J connectivity index is 1.68. The molecule has 1 aliphatic rings. The van der Waals surface area contributed by atoms with Crippen molar-refractivity contribution in [1.29, 1.82) is 0 Å². The molecule has 0 radical (unpaired) electrons. The molecule has 0 aliphatic heterocycles. The third kappa shape index (κ3) is 6.21. The van der Waals surface area contributed by atoms with Gasteiger partial charge in [0, 0.05) is 34.9 Å². The lowest BCUT2D eigenvalue weighted by atomic mass is 9.94. The van der Waals surface area contributed by atoms with Gasteiger partial charge in [0.15, 0.2) is 0 Å². The van der Waals surface area contributed by atoms with Gasteiger partial charge in [0.2, 0.25) is 11.8 Å². The zero-order valence-electron chi connectivity index (χ0n) is 18.5. The number of pyridine rings is 1. The maximum Gasteiger partial charge on any atom is 0.247 e. The number of hydrogen-bond acceptors (Lipinski definition) is 4. The second-order valence-corrected chi connectivity index (χ2v) is 9.84. The number of nitrogens with zero attached hydrogens (tertiary/aromatic N) is 2. The first-order chi connectivity index (χ1) is 16.1. The quantitative estimate of drug-likeness (QED) is 0.458. The van der Waals surface area contributed by atoms with Gasteiger partial charge < -0.3 is 10.2 Å². The number of aromatic nitrogens is 1. The Labute approximate surface area is 203 Å². The molecule has 7 heteroatoms. The highest BCUT2D eigenvalue weighted by molar-refractivity contribution is 7.10. The van der Waals surface area contributed by atoms with Crippen LogP contribution in [0.1, 0.15) is 54.1 Å². The van der Waals surface area contributed by atoms with Crippen LogP contribution in [0.2, 0.25) is 5.02 Å². The third-order valence-electron chi connectivity index (χ3n) is 6.06. The Morgan fingerprint density at radius 3 is 2.52 bits per heavy atom. The molecule has 0 saturated heterocycles. The maximum absolute atomic E-state index is 13.7. The number of hydrogen-bond donors (Lipinski definition) is 1. The van der Waals surface area contributed by atoms with Crippen LogP contribution in [0.5, 0.6) is 0 Å². The van der Waals surface area contributed by atoms with Gasteiger partial charge in [-0.1, -0.05) is 55.1 Å². The number of carbonyl (C=O) groups excluding carboxylic acids is 2. The summed E-state index contributed by atoms with van der Waals surface area (Å²) < 4.78 is 0. The number of benzene rings is 1. The summed E-state index contributed by atoms with van der Waals surface area (Å²) >= 11 is 7.99. The fourth-order valence-corrected chi connectivity index (χ4v) is 5.23. The minimum atomic E-state index is -0.765. The van der Waals surface area contributed by atoms with Crippen molar-refractivity contribution in [2.45, 2.75) is 57.2 Å². The lowest BCUT2D eigenvalue weighted by molar-refractivity contribution is -0.141. The summed E-state index contributed by atoms with van der Waals surface area (Å²) in [5.41, 5.74) is 1.55. The molecule has 33 heavy (non-hydrogen) atoms. The van der Waals surface area contributed by atoms with Crippen molar-refractivity contribution in [3.63, 3.8) is 0 Å². The van der Waals surface area contributed by atoms with Gasteiger partial charge in [-0.2, -0.15) is 0 Å². The van der Waals surface area contributed by atoms with Crippen LogP contribution in [0.25, 0.3) is 0 Å².